The molecule has 0 unspecified atom stereocenters. The van der Waals surface area contributed by atoms with Crippen molar-refractivity contribution in [1.29, 1.82) is 0 Å². The minimum absolute atomic E-state index is 0.0504. The topological polar surface area (TPSA) is 129 Å². The fourth-order valence-corrected chi connectivity index (χ4v) is 5.98. The molecule has 0 saturated heterocycles. The zero-order chi connectivity index (χ0) is 34.8. The van der Waals surface area contributed by atoms with Gasteiger partial charge >= 0.3 is 12.4 Å². The van der Waals surface area contributed by atoms with Crippen molar-refractivity contribution in [2.75, 3.05) is 7.11 Å². The van der Waals surface area contributed by atoms with Gasteiger partial charge in [-0.25, -0.2) is 5.26 Å². The Kier molecular flexibility index (Phi) is 10.3. The standard InChI is InChI=1S/C30H22F6O9S2/c1-17-3-4-19(16-26(17)47(39,40)41)27(37)18-5-14-24(25(15-18)46-45-44-38)43-23-12-8-21(9-13-23)28(29(31,32)33,30(34,35)36)20-6-10-22(42-2)11-7-20/h3-16,38H,1-2H3,(H,39,40,41). The summed E-state index contributed by atoms with van der Waals surface area (Å²) in [6.45, 7) is 1.41. The van der Waals surface area contributed by atoms with Gasteiger partial charge in [0.2, 0.25) is 5.41 Å². The van der Waals surface area contributed by atoms with Crippen LogP contribution in [0.3, 0.4) is 0 Å². The highest BCUT2D eigenvalue weighted by Gasteiger charge is 2.72. The van der Waals surface area contributed by atoms with Crippen LogP contribution in [0.15, 0.2) is 94.7 Å². The molecule has 250 valence electrons. The van der Waals surface area contributed by atoms with E-state index in [9.17, 15) is 44.1 Å². The molecule has 0 fully saturated rings. The summed E-state index contributed by atoms with van der Waals surface area (Å²) in [6.07, 6.45) is -11.6. The summed E-state index contributed by atoms with van der Waals surface area (Å²) in [5.41, 5.74) is -6.67. The number of hydrogen-bond acceptors (Lipinski definition) is 9. The van der Waals surface area contributed by atoms with E-state index in [-0.39, 0.29) is 38.8 Å². The molecule has 0 amide bonds. The van der Waals surface area contributed by atoms with Crippen LogP contribution in [0.25, 0.3) is 0 Å². The van der Waals surface area contributed by atoms with Crippen LogP contribution in [-0.2, 0) is 24.9 Å². The number of carbonyl (C=O) groups is 1. The second-order valence-electron chi connectivity index (χ2n) is 9.77. The van der Waals surface area contributed by atoms with Crippen LogP contribution in [-0.4, -0.2) is 43.5 Å². The lowest BCUT2D eigenvalue weighted by atomic mass is 9.73. The first-order valence-electron chi connectivity index (χ1n) is 12.9. The first-order valence-corrected chi connectivity index (χ1v) is 15.1. The molecular weight excluding hydrogens is 682 g/mol. The lowest BCUT2D eigenvalue weighted by molar-refractivity contribution is -0.432. The number of methoxy groups -OCH3 is 1. The molecule has 17 heteroatoms. The fourth-order valence-electron chi connectivity index (χ4n) is 4.76. The van der Waals surface area contributed by atoms with Crippen molar-refractivity contribution in [3.8, 4) is 17.2 Å². The van der Waals surface area contributed by atoms with E-state index in [1.807, 2.05) is 0 Å². The Bertz CT molecular complexity index is 1850. The summed E-state index contributed by atoms with van der Waals surface area (Å²) < 4.78 is 135. The number of ether oxygens (including phenoxy) is 2. The third-order valence-electron chi connectivity index (χ3n) is 6.98. The quantitative estimate of drug-likeness (QED) is 0.0395. The van der Waals surface area contributed by atoms with E-state index in [0.717, 1.165) is 30.3 Å². The maximum Gasteiger partial charge on any atom is 0.411 e. The lowest BCUT2D eigenvalue weighted by Crippen LogP contribution is -2.54. The Morgan fingerprint density at radius 3 is 1.77 bits per heavy atom. The van der Waals surface area contributed by atoms with Crippen LogP contribution < -0.4 is 9.47 Å². The number of carbonyl (C=O) groups excluding carboxylic acids is 1. The Hall–Kier alpha value is -4.13. The van der Waals surface area contributed by atoms with E-state index in [1.165, 1.54) is 44.4 Å². The predicted octanol–water partition coefficient (Wildman–Crippen LogP) is 8.11. The predicted molar refractivity (Wildman–Crippen MR) is 154 cm³/mol. The van der Waals surface area contributed by atoms with Crippen molar-refractivity contribution in [1.82, 2.24) is 0 Å². The Morgan fingerprint density at radius 2 is 1.28 bits per heavy atom. The number of alkyl halides is 6. The number of ketones is 1. The van der Waals surface area contributed by atoms with Crippen molar-refractivity contribution in [3.63, 3.8) is 0 Å². The number of halogens is 6. The van der Waals surface area contributed by atoms with Crippen molar-refractivity contribution >= 4 is 27.9 Å². The van der Waals surface area contributed by atoms with Crippen molar-refractivity contribution < 1.29 is 68.2 Å². The highest BCUT2D eigenvalue weighted by atomic mass is 32.2. The zero-order valence-electron chi connectivity index (χ0n) is 23.9. The molecular formula is C30H22F6O9S2. The van der Waals surface area contributed by atoms with Gasteiger partial charge < -0.3 is 9.47 Å². The number of hydrogen-bond donors (Lipinski definition) is 2. The molecule has 4 aromatic rings. The summed E-state index contributed by atoms with van der Waals surface area (Å²) in [5.74, 6) is -1.02. The zero-order valence-corrected chi connectivity index (χ0v) is 25.6. The van der Waals surface area contributed by atoms with E-state index < -0.39 is 49.7 Å². The molecule has 0 aromatic heterocycles. The molecule has 0 aliphatic heterocycles. The molecule has 0 atom stereocenters. The Balaban J connectivity index is 1.72. The minimum atomic E-state index is -5.82. The molecule has 0 radical (unpaired) electrons. The third kappa shape index (κ3) is 7.24. The maximum atomic E-state index is 14.5. The minimum Gasteiger partial charge on any atom is -0.497 e. The van der Waals surface area contributed by atoms with Gasteiger partial charge in [0.15, 0.2) is 5.78 Å². The SMILES string of the molecule is COc1ccc(C(c2ccc(Oc3ccc(C(=O)c4ccc(C)c(S(=O)(=O)O)c4)cc3SOOO)cc2)(C(F)(F)F)C(F)(F)F)cc1. The molecule has 0 saturated carbocycles. The van der Waals surface area contributed by atoms with Crippen molar-refractivity contribution in [3.05, 3.63) is 113 Å². The van der Waals surface area contributed by atoms with Gasteiger partial charge in [0.05, 0.1) is 28.9 Å². The first kappa shape index (κ1) is 35.7. The normalized spacial score (nSPS) is 12.6. The maximum absolute atomic E-state index is 14.5. The fraction of sp³-hybridized carbons (Fsp3) is 0.167. The molecule has 0 spiro atoms. The van der Waals surface area contributed by atoms with Crippen LogP contribution >= 0.6 is 12.0 Å². The average molecular weight is 705 g/mol. The van der Waals surface area contributed by atoms with Gasteiger partial charge in [0.1, 0.15) is 17.2 Å². The summed E-state index contributed by atoms with van der Waals surface area (Å²) in [5, 5.41) is 12.2. The largest absolute Gasteiger partial charge is 0.497 e. The number of rotatable bonds is 11. The molecule has 0 aliphatic carbocycles. The first-order chi connectivity index (χ1) is 21.9. The highest BCUT2D eigenvalue weighted by molar-refractivity contribution is 7.94. The molecule has 4 aromatic carbocycles. The van der Waals surface area contributed by atoms with Gasteiger partial charge in [0.25, 0.3) is 10.1 Å². The molecule has 0 bridgehead atoms. The second kappa shape index (κ2) is 13.5. The van der Waals surface area contributed by atoms with E-state index in [0.29, 0.717) is 36.3 Å². The number of benzene rings is 4. The van der Waals surface area contributed by atoms with Crippen molar-refractivity contribution in [2.45, 2.75) is 34.5 Å². The Morgan fingerprint density at radius 1 is 0.766 bits per heavy atom. The smallest absolute Gasteiger partial charge is 0.411 e. The molecule has 4 rings (SSSR count). The van der Waals surface area contributed by atoms with E-state index in [4.69, 9.17) is 14.7 Å². The van der Waals surface area contributed by atoms with Crippen LogP contribution in [0, 0.1) is 6.92 Å². The Labute approximate surface area is 267 Å². The average Bonchev–Trinajstić information content (AvgIpc) is 3.00. The summed E-state index contributed by atoms with van der Waals surface area (Å²) in [6, 6.07) is 13.5. The van der Waals surface area contributed by atoms with Gasteiger partial charge in [-0.15, -0.1) is 4.33 Å². The van der Waals surface area contributed by atoms with Gasteiger partial charge in [-0.1, -0.05) is 41.4 Å². The van der Waals surface area contributed by atoms with Crippen molar-refractivity contribution in [2.24, 2.45) is 0 Å². The van der Waals surface area contributed by atoms with E-state index in [1.54, 1.807) is 0 Å². The molecule has 47 heavy (non-hydrogen) atoms. The summed E-state index contributed by atoms with van der Waals surface area (Å²) in [7, 11) is -3.44. The third-order valence-corrected chi connectivity index (χ3v) is 8.60. The monoisotopic (exact) mass is 704 g/mol. The summed E-state index contributed by atoms with van der Waals surface area (Å²) in [4.78, 5) is 12.6. The number of aryl methyl sites for hydroxylation is 1. The van der Waals surface area contributed by atoms with Gasteiger partial charge in [-0.3, -0.25) is 9.35 Å². The highest BCUT2D eigenvalue weighted by Crippen LogP contribution is 2.56. The second-order valence-corrected chi connectivity index (χ2v) is 11.9. The van der Waals surface area contributed by atoms with Crippen LogP contribution in [0.1, 0.15) is 32.6 Å². The van der Waals surface area contributed by atoms with E-state index >= 15 is 0 Å². The molecule has 9 nitrogen and oxygen atoms in total. The molecule has 0 aliphatic rings. The van der Waals surface area contributed by atoms with Gasteiger partial charge in [-0.2, -0.15) is 34.8 Å². The molecule has 0 heterocycles. The van der Waals surface area contributed by atoms with Gasteiger partial charge in [-0.05, 0) is 72.1 Å². The lowest BCUT2D eigenvalue weighted by Gasteiger charge is -2.38. The van der Waals surface area contributed by atoms with Crippen LogP contribution in [0.2, 0.25) is 0 Å². The summed E-state index contributed by atoms with van der Waals surface area (Å²) >= 11 is 0.324. The van der Waals surface area contributed by atoms with Crippen LogP contribution in [0.5, 0.6) is 17.2 Å². The van der Waals surface area contributed by atoms with Crippen LogP contribution in [0.4, 0.5) is 26.3 Å². The molecule has 2 N–H and O–H groups in total. The van der Waals surface area contributed by atoms with E-state index in [2.05, 4.69) is 9.37 Å². The van der Waals surface area contributed by atoms with Gasteiger partial charge in [0, 0.05) is 11.1 Å².